The molecule has 0 unspecified atom stereocenters. The van der Waals surface area contributed by atoms with Gasteiger partial charge in [0.2, 0.25) is 5.91 Å². The number of fused-ring (bicyclic) bond motifs is 1. The van der Waals surface area contributed by atoms with Gasteiger partial charge >= 0.3 is 0 Å². The Labute approximate surface area is 156 Å². The van der Waals surface area contributed by atoms with Crippen LogP contribution in [0.25, 0.3) is 0 Å². The number of nitrogens with zero attached hydrogens (tertiary/aromatic N) is 1. The number of thiophene rings is 1. The summed E-state index contributed by atoms with van der Waals surface area (Å²) in [5.41, 5.74) is 2.23. The summed E-state index contributed by atoms with van der Waals surface area (Å²) in [5.74, 6) is -0.264. The van der Waals surface area contributed by atoms with Crippen LogP contribution < -0.4 is 10.2 Å². The van der Waals surface area contributed by atoms with Gasteiger partial charge in [-0.25, -0.2) is 8.42 Å². The quantitative estimate of drug-likeness (QED) is 0.846. The summed E-state index contributed by atoms with van der Waals surface area (Å²) in [6.45, 7) is 0.864. The smallest absolute Gasteiger partial charge is 0.252 e. The highest BCUT2D eigenvalue weighted by Crippen LogP contribution is 2.29. The Morgan fingerprint density at radius 1 is 1.27 bits per heavy atom. The molecule has 3 rings (SSSR count). The van der Waals surface area contributed by atoms with Crippen LogP contribution in [0.1, 0.15) is 28.8 Å². The second-order valence-corrected chi connectivity index (χ2v) is 9.03. The van der Waals surface area contributed by atoms with Crippen molar-refractivity contribution in [2.24, 2.45) is 0 Å². The average Bonchev–Trinajstić information content (AvgIpc) is 3.14. The van der Waals surface area contributed by atoms with E-state index < -0.39 is 9.84 Å². The molecule has 1 aliphatic heterocycles. The van der Waals surface area contributed by atoms with Crippen LogP contribution >= 0.6 is 11.3 Å². The molecule has 0 spiro atoms. The second kappa shape index (κ2) is 7.59. The summed E-state index contributed by atoms with van der Waals surface area (Å²) in [4.78, 5) is 26.4. The zero-order chi connectivity index (χ0) is 18.7. The number of rotatable bonds is 5. The number of benzene rings is 1. The van der Waals surface area contributed by atoms with Crippen LogP contribution in [0, 0.1) is 0 Å². The van der Waals surface area contributed by atoms with Crippen LogP contribution in [0.4, 0.5) is 5.69 Å². The Morgan fingerprint density at radius 2 is 2.08 bits per heavy atom. The monoisotopic (exact) mass is 392 g/mol. The molecule has 1 aliphatic rings. The summed E-state index contributed by atoms with van der Waals surface area (Å²) in [6, 6.07) is 6.63. The highest BCUT2D eigenvalue weighted by Gasteiger charge is 2.23. The number of carbonyl (C=O) groups is 2. The molecular weight excluding hydrogens is 372 g/mol. The fourth-order valence-electron chi connectivity index (χ4n) is 2.98. The molecule has 2 heterocycles. The average molecular weight is 393 g/mol. The van der Waals surface area contributed by atoms with E-state index in [1.807, 2.05) is 5.38 Å². The lowest BCUT2D eigenvalue weighted by atomic mass is 10.0. The molecule has 2 amide bonds. The van der Waals surface area contributed by atoms with Crippen molar-refractivity contribution in [3.8, 4) is 0 Å². The maximum atomic E-state index is 12.6. The van der Waals surface area contributed by atoms with Gasteiger partial charge in [-0.2, -0.15) is 11.3 Å². The van der Waals surface area contributed by atoms with Gasteiger partial charge in [-0.15, -0.1) is 0 Å². The Morgan fingerprint density at radius 3 is 2.77 bits per heavy atom. The first kappa shape index (κ1) is 18.6. The van der Waals surface area contributed by atoms with E-state index in [-0.39, 0.29) is 29.7 Å². The molecule has 6 nitrogen and oxygen atoms in total. The number of hydrogen-bond donors (Lipinski definition) is 1. The first-order valence-corrected chi connectivity index (χ1v) is 11.1. The molecule has 1 N–H and O–H groups in total. The minimum Gasteiger partial charge on any atom is -0.351 e. The van der Waals surface area contributed by atoms with Crippen molar-refractivity contribution in [3.63, 3.8) is 0 Å². The van der Waals surface area contributed by atoms with Crippen LogP contribution in [-0.4, -0.2) is 39.6 Å². The molecule has 2 aromatic rings. The third-order valence-corrected chi connectivity index (χ3v) is 6.10. The number of nitrogens with one attached hydrogen (secondary N) is 1. The lowest BCUT2D eigenvalue weighted by Crippen LogP contribution is -2.37. The van der Waals surface area contributed by atoms with Crippen molar-refractivity contribution in [2.75, 3.05) is 24.2 Å². The summed E-state index contributed by atoms with van der Waals surface area (Å²) in [6.07, 6.45) is 2.91. The van der Waals surface area contributed by atoms with Gasteiger partial charge in [-0.1, -0.05) is 0 Å². The molecule has 26 heavy (non-hydrogen) atoms. The third-order valence-electron chi connectivity index (χ3n) is 4.31. The van der Waals surface area contributed by atoms with Crippen molar-refractivity contribution in [3.05, 3.63) is 46.2 Å². The van der Waals surface area contributed by atoms with E-state index in [4.69, 9.17) is 0 Å². The first-order valence-electron chi connectivity index (χ1n) is 8.30. The topological polar surface area (TPSA) is 83.6 Å². The highest BCUT2D eigenvalue weighted by molar-refractivity contribution is 7.90. The zero-order valence-corrected chi connectivity index (χ0v) is 16.0. The normalized spacial score (nSPS) is 14.0. The fraction of sp³-hybridized carbons (Fsp3) is 0.333. The van der Waals surface area contributed by atoms with Gasteiger partial charge in [0.05, 0.1) is 4.90 Å². The Balaban J connectivity index is 1.65. The van der Waals surface area contributed by atoms with E-state index in [1.54, 1.807) is 28.5 Å². The number of sulfone groups is 1. The van der Waals surface area contributed by atoms with E-state index >= 15 is 0 Å². The standard InChI is InChI=1S/C18H20N2O4S2/c1-26(23,24)15-4-5-16-13(11-15)3-2-9-20(16)17(21)6-8-19-18(22)14-7-10-25-12-14/h4-5,7,10-12H,2-3,6,8-9H2,1H3,(H,19,22). The fourth-order valence-corrected chi connectivity index (χ4v) is 4.28. The van der Waals surface area contributed by atoms with Crippen molar-refractivity contribution in [2.45, 2.75) is 24.2 Å². The molecule has 138 valence electrons. The van der Waals surface area contributed by atoms with Crippen LogP contribution in [0.2, 0.25) is 0 Å². The Kier molecular flexibility index (Phi) is 5.43. The van der Waals surface area contributed by atoms with Gasteiger partial charge < -0.3 is 10.2 Å². The lowest BCUT2D eigenvalue weighted by molar-refractivity contribution is -0.118. The maximum absolute atomic E-state index is 12.6. The largest absolute Gasteiger partial charge is 0.351 e. The van der Waals surface area contributed by atoms with Crippen molar-refractivity contribution in [1.82, 2.24) is 5.32 Å². The van der Waals surface area contributed by atoms with Gasteiger partial charge in [0.15, 0.2) is 9.84 Å². The van der Waals surface area contributed by atoms with Gasteiger partial charge in [-0.05, 0) is 48.1 Å². The maximum Gasteiger partial charge on any atom is 0.252 e. The second-order valence-electron chi connectivity index (χ2n) is 6.23. The molecule has 0 atom stereocenters. The summed E-state index contributed by atoms with van der Waals surface area (Å²) in [5, 5.41) is 6.34. The van der Waals surface area contributed by atoms with E-state index in [2.05, 4.69) is 5.32 Å². The summed E-state index contributed by atoms with van der Waals surface area (Å²) in [7, 11) is -3.27. The van der Waals surface area contributed by atoms with Crippen molar-refractivity contribution < 1.29 is 18.0 Å². The predicted octanol–water partition coefficient (Wildman–Crippen LogP) is 2.25. The zero-order valence-electron chi connectivity index (χ0n) is 14.4. The molecule has 0 fully saturated rings. The molecule has 0 radical (unpaired) electrons. The molecule has 1 aromatic carbocycles. The van der Waals surface area contributed by atoms with E-state index in [9.17, 15) is 18.0 Å². The van der Waals surface area contributed by atoms with Crippen LogP contribution in [0.5, 0.6) is 0 Å². The molecule has 0 aliphatic carbocycles. The van der Waals surface area contributed by atoms with E-state index in [0.29, 0.717) is 12.1 Å². The molecular formula is C18H20N2O4S2. The van der Waals surface area contributed by atoms with Gasteiger partial charge in [0, 0.05) is 42.4 Å². The highest BCUT2D eigenvalue weighted by atomic mass is 32.2. The molecule has 1 aromatic heterocycles. The van der Waals surface area contributed by atoms with Crippen LogP contribution in [-0.2, 0) is 21.1 Å². The lowest BCUT2D eigenvalue weighted by Gasteiger charge is -2.30. The summed E-state index contributed by atoms with van der Waals surface area (Å²) < 4.78 is 23.4. The molecule has 0 bridgehead atoms. The molecule has 0 saturated heterocycles. The number of hydrogen-bond acceptors (Lipinski definition) is 5. The molecule has 8 heteroatoms. The SMILES string of the molecule is CS(=O)(=O)c1ccc2c(c1)CCCN2C(=O)CCNC(=O)c1ccsc1. The minimum absolute atomic E-state index is 0.0799. The van der Waals surface area contributed by atoms with E-state index in [0.717, 1.165) is 24.1 Å². The summed E-state index contributed by atoms with van der Waals surface area (Å²) >= 11 is 1.45. The van der Waals surface area contributed by atoms with E-state index in [1.165, 1.54) is 23.7 Å². The van der Waals surface area contributed by atoms with Crippen molar-refractivity contribution in [1.29, 1.82) is 0 Å². The molecule has 0 saturated carbocycles. The minimum atomic E-state index is -3.27. The number of carbonyl (C=O) groups excluding carboxylic acids is 2. The Bertz CT molecular complexity index is 921. The van der Waals surface area contributed by atoms with Crippen molar-refractivity contribution >= 4 is 38.7 Å². The van der Waals surface area contributed by atoms with Gasteiger partial charge in [-0.3, -0.25) is 9.59 Å². The predicted molar refractivity (Wildman–Crippen MR) is 101 cm³/mol. The van der Waals surface area contributed by atoms with Gasteiger partial charge in [0.25, 0.3) is 5.91 Å². The third kappa shape index (κ3) is 4.13. The number of amides is 2. The number of aryl methyl sites for hydroxylation is 1. The first-order chi connectivity index (χ1) is 12.4. The van der Waals surface area contributed by atoms with Crippen LogP contribution in [0.15, 0.2) is 39.9 Å². The number of anilines is 1. The van der Waals surface area contributed by atoms with Gasteiger partial charge in [0.1, 0.15) is 0 Å². The Hall–Kier alpha value is -2.19. The van der Waals surface area contributed by atoms with Crippen LogP contribution in [0.3, 0.4) is 0 Å².